The number of hydrogen-bond acceptors (Lipinski definition) is 0. The lowest BCUT2D eigenvalue weighted by Gasteiger charge is -2.56. The molecule has 0 aliphatic heterocycles. The van der Waals surface area contributed by atoms with Crippen LogP contribution >= 0.6 is 0 Å². The third-order valence-corrected chi connectivity index (χ3v) is 4.94. The Labute approximate surface area is 93.6 Å². The molecule has 0 N–H and O–H groups in total. The summed E-state index contributed by atoms with van der Waals surface area (Å²) in [4.78, 5) is 0. The molecule has 0 unspecified atom stereocenters. The zero-order chi connectivity index (χ0) is 11.3. The smallest absolute Gasteiger partial charge is 0.108 e. The molecule has 0 atom stereocenters. The van der Waals surface area contributed by atoms with Crippen molar-refractivity contribution in [2.24, 2.45) is 16.7 Å². The molecule has 0 heterocycles. The van der Waals surface area contributed by atoms with Gasteiger partial charge >= 0.3 is 0 Å². The van der Waals surface area contributed by atoms with Gasteiger partial charge in [0.1, 0.15) is 5.67 Å². The molecular weight excluding hydrogens is 187 g/mol. The van der Waals surface area contributed by atoms with Gasteiger partial charge in [-0.15, -0.1) is 0 Å². The third kappa shape index (κ3) is 2.21. The van der Waals surface area contributed by atoms with Crippen molar-refractivity contribution in [3.8, 4) is 0 Å². The lowest BCUT2D eigenvalue weighted by molar-refractivity contribution is -0.0692. The largest absolute Gasteiger partial charge is 0.244 e. The van der Waals surface area contributed by atoms with Crippen molar-refractivity contribution < 1.29 is 4.39 Å². The highest BCUT2D eigenvalue weighted by atomic mass is 19.1. The quantitative estimate of drug-likeness (QED) is 0.544. The van der Waals surface area contributed by atoms with Crippen LogP contribution in [0.4, 0.5) is 4.39 Å². The minimum atomic E-state index is -0.863. The fraction of sp³-hybridized carbons (Fsp3) is 1.00. The molecule has 88 valence electrons. The normalized spacial score (nSPS) is 46.6. The Morgan fingerprint density at radius 3 is 1.87 bits per heavy atom. The van der Waals surface area contributed by atoms with Crippen LogP contribution in [0.1, 0.15) is 66.2 Å². The predicted octanol–water partition coefficient (Wildman–Crippen LogP) is 4.73. The molecule has 2 aliphatic carbocycles. The molecule has 0 saturated heterocycles. The van der Waals surface area contributed by atoms with Crippen molar-refractivity contribution in [3.63, 3.8) is 0 Å². The Balaban J connectivity index is 1.89. The number of alkyl halides is 1. The second-order valence-corrected chi connectivity index (χ2v) is 7.38. The maximum atomic E-state index is 13.7. The first kappa shape index (κ1) is 11.4. The standard InChI is InChI=1S/C14H25F/c1-12(2,3)11-9-14(10-11)7-5-13(4,15)6-8-14/h11H,5-10H2,1-4H3. The van der Waals surface area contributed by atoms with Gasteiger partial charge in [0.15, 0.2) is 0 Å². The van der Waals surface area contributed by atoms with Crippen LogP contribution in [0.15, 0.2) is 0 Å². The molecule has 2 rings (SSSR count). The van der Waals surface area contributed by atoms with Gasteiger partial charge in [-0.25, -0.2) is 4.39 Å². The molecule has 2 aliphatic rings. The minimum absolute atomic E-state index is 0.460. The molecule has 0 aromatic heterocycles. The maximum Gasteiger partial charge on any atom is 0.108 e. The molecule has 1 heteroatoms. The summed E-state index contributed by atoms with van der Waals surface area (Å²) in [5, 5.41) is 0. The average molecular weight is 212 g/mol. The van der Waals surface area contributed by atoms with Crippen molar-refractivity contribution in [1.29, 1.82) is 0 Å². The summed E-state index contributed by atoms with van der Waals surface area (Å²) in [7, 11) is 0. The lowest BCUT2D eigenvalue weighted by atomic mass is 9.49. The van der Waals surface area contributed by atoms with Crippen molar-refractivity contribution in [2.75, 3.05) is 0 Å². The summed E-state index contributed by atoms with van der Waals surface area (Å²) in [6.45, 7) is 8.80. The van der Waals surface area contributed by atoms with E-state index >= 15 is 0 Å². The second kappa shape index (κ2) is 3.21. The van der Waals surface area contributed by atoms with Gasteiger partial charge in [0.2, 0.25) is 0 Å². The van der Waals surface area contributed by atoms with E-state index in [4.69, 9.17) is 0 Å². The summed E-state index contributed by atoms with van der Waals surface area (Å²) in [5.41, 5.74) is 0.142. The second-order valence-electron chi connectivity index (χ2n) is 7.38. The first-order valence-corrected chi connectivity index (χ1v) is 6.42. The van der Waals surface area contributed by atoms with Crippen LogP contribution < -0.4 is 0 Å². The van der Waals surface area contributed by atoms with Crippen molar-refractivity contribution in [1.82, 2.24) is 0 Å². The monoisotopic (exact) mass is 212 g/mol. The zero-order valence-electron chi connectivity index (χ0n) is 10.7. The fourth-order valence-electron chi connectivity index (χ4n) is 3.31. The molecule has 0 nitrogen and oxygen atoms in total. The lowest BCUT2D eigenvalue weighted by Crippen LogP contribution is -2.47. The molecule has 2 saturated carbocycles. The van der Waals surface area contributed by atoms with E-state index in [1.807, 2.05) is 0 Å². The van der Waals surface area contributed by atoms with E-state index in [-0.39, 0.29) is 0 Å². The highest BCUT2D eigenvalue weighted by Crippen LogP contribution is 2.60. The first-order chi connectivity index (χ1) is 6.73. The molecule has 0 aromatic rings. The van der Waals surface area contributed by atoms with Crippen LogP contribution in [0, 0.1) is 16.7 Å². The summed E-state index contributed by atoms with van der Waals surface area (Å²) in [6, 6.07) is 0. The third-order valence-electron chi connectivity index (χ3n) is 4.94. The maximum absolute atomic E-state index is 13.7. The van der Waals surface area contributed by atoms with E-state index in [1.165, 1.54) is 12.8 Å². The van der Waals surface area contributed by atoms with Crippen LogP contribution in [-0.2, 0) is 0 Å². The van der Waals surface area contributed by atoms with Crippen molar-refractivity contribution in [3.05, 3.63) is 0 Å². The van der Waals surface area contributed by atoms with Gasteiger partial charge in [-0.2, -0.15) is 0 Å². The van der Waals surface area contributed by atoms with Crippen LogP contribution in [0.2, 0.25) is 0 Å². The topological polar surface area (TPSA) is 0 Å². The number of hydrogen-bond donors (Lipinski definition) is 0. The van der Waals surface area contributed by atoms with Crippen LogP contribution in [0.3, 0.4) is 0 Å². The molecule has 15 heavy (non-hydrogen) atoms. The molecular formula is C14H25F. The highest BCUT2D eigenvalue weighted by molar-refractivity contribution is 5.02. The molecule has 0 amide bonds. The van der Waals surface area contributed by atoms with Crippen LogP contribution in [0.25, 0.3) is 0 Å². The molecule has 0 bridgehead atoms. The Morgan fingerprint density at radius 2 is 1.47 bits per heavy atom. The Bertz CT molecular complexity index is 229. The fourth-order valence-corrected chi connectivity index (χ4v) is 3.31. The molecule has 0 radical (unpaired) electrons. The summed E-state index contributed by atoms with van der Waals surface area (Å²) < 4.78 is 13.7. The SMILES string of the molecule is CC1(F)CCC2(CC1)CC(C(C)(C)C)C2. The van der Waals surface area contributed by atoms with Crippen molar-refractivity contribution >= 4 is 0 Å². The first-order valence-electron chi connectivity index (χ1n) is 6.42. The van der Waals surface area contributed by atoms with Gasteiger partial charge in [-0.05, 0) is 62.2 Å². The van der Waals surface area contributed by atoms with Gasteiger partial charge in [0.05, 0.1) is 0 Å². The Morgan fingerprint density at radius 1 is 1.00 bits per heavy atom. The van der Waals surface area contributed by atoms with Crippen LogP contribution in [0.5, 0.6) is 0 Å². The predicted molar refractivity (Wildman–Crippen MR) is 62.6 cm³/mol. The Hall–Kier alpha value is -0.0700. The van der Waals surface area contributed by atoms with Crippen LogP contribution in [-0.4, -0.2) is 5.67 Å². The highest BCUT2D eigenvalue weighted by Gasteiger charge is 2.51. The van der Waals surface area contributed by atoms with Gasteiger partial charge in [-0.1, -0.05) is 20.8 Å². The summed E-state index contributed by atoms with van der Waals surface area (Å²) in [5.74, 6) is 0.876. The molecule has 1 spiro atoms. The minimum Gasteiger partial charge on any atom is -0.244 e. The molecule has 0 aromatic carbocycles. The average Bonchev–Trinajstić information content (AvgIpc) is 1.98. The summed E-state index contributed by atoms with van der Waals surface area (Å²) in [6.07, 6.45) is 6.56. The van der Waals surface area contributed by atoms with E-state index in [9.17, 15) is 4.39 Å². The zero-order valence-corrected chi connectivity index (χ0v) is 10.7. The van der Waals surface area contributed by atoms with Gasteiger partial charge in [0.25, 0.3) is 0 Å². The number of halogens is 1. The van der Waals surface area contributed by atoms with E-state index in [0.29, 0.717) is 10.8 Å². The van der Waals surface area contributed by atoms with Gasteiger partial charge in [0, 0.05) is 0 Å². The van der Waals surface area contributed by atoms with E-state index in [2.05, 4.69) is 20.8 Å². The summed E-state index contributed by atoms with van der Waals surface area (Å²) >= 11 is 0. The van der Waals surface area contributed by atoms with E-state index < -0.39 is 5.67 Å². The molecule has 2 fully saturated rings. The Kier molecular flexibility index (Phi) is 2.44. The number of rotatable bonds is 0. The van der Waals surface area contributed by atoms with Gasteiger partial charge in [-0.3, -0.25) is 0 Å². The van der Waals surface area contributed by atoms with Crippen molar-refractivity contribution in [2.45, 2.75) is 71.9 Å². The van der Waals surface area contributed by atoms with E-state index in [0.717, 1.165) is 31.6 Å². The van der Waals surface area contributed by atoms with E-state index in [1.54, 1.807) is 6.92 Å². The van der Waals surface area contributed by atoms with Gasteiger partial charge < -0.3 is 0 Å².